The number of amides is 2. The molecule has 4 rings (SSSR count). The predicted molar refractivity (Wildman–Crippen MR) is 156 cm³/mol. The summed E-state index contributed by atoms with van der Waals surface area (Å²) in [6.07, 6.45) is 2.82. The van der Waals surface area contributed by atoms with E-state index in [0.717, 1.165) is 60.4 Å². The number of hydrogen-bond donors (Lipinski definition) is 5. The second-order valence-electron chi connectivity index (χ2n) is 9.85. The molecule has 1 unspecified atom stereocenters. The molecule has 40 heavy (non-hydrogen) atoms. The fraction of sp³-hybridized carbons (Fsp3) is 0.429. The van der Waals surface area contributed by atoms with E-state index in [-0.39, 0.29) is 18.5 Å². The maximum Gasteiger partial charge on any atom is 0.325 e. The summed E-state index contributed by atoms with van der Waals surface area (Å²) >= 11 is 1.25. The van der Waals surface area contributed by atoms with Gasteiger partial charge in [-0.3, -0.25) is 14.4 Å². The number of hydrogen-bond acceptors (Lipinski definition) is 10. The minimum atomic E-state index is -0.727. The first-order valence-corrected chi connectivity index (χ1v) is 14.2. The van der Waals surface area contributed by atoms with E-state index in [1.54, 1.807) is 24.3 Å². The Morgan fingerprint density at radius 1 is 1.23 bits per heavy atom. The first-order valence-electron chi connectivity index (χ1n) is 13.3. The Morgan fingerprint density at radius 2 is 1.93 bits per heavy atom. The van der Waals surface area contributed by atoms with E-state index in [2.05, 4.69) is 33.3 Å². The van der Waals surface area contributed by atoms with E-state index in [4.69, 9.17) is 16.5 Å². The molecule has 1 saturated heterocycles. The number of aryl methyl sites for hydroxylation is 1. The maximum absolute atomic E-state index is 12.1. The lowest BCUT2D eigenvalue weighted by Gasteiger charge is -2.34. The van der Waals surface area contributed by atoms with Crippen LogP contribution in [0.5, 0.6) is 0 Å². The number of nitrogens with two attached hydrogens (primary N) is 2. The lowest BCUT2D eigenvalue weighted by molar-refractivity contribution is -0.139. The number of primary amides is 1. The van der Waals surface area contributed by atoms with Gasteiger partial charge in [0.05, 0.1) is 18.9 Å². The van der Waals surface area contributed by atoms with Crippen molar-refractivity contribution in [1.82, 2.24) is 15.6 Å². The normalized spacial score (nSPS) is 14.7. The Kier molecular flexibility index (Phi) is 9.56. The number of carbonyl (C=O) groups excluding carboxylic acids is 3. The molecule has 0 bridgehead atoms. The Morgan fingerprint density at radius 3 is 2.55 bits per heavy atom. The van der Waals surface area contributed by atoms with Gasteiger partial charge in [-0.05, 0) is 48.6 Å². The number of piperidine rings is 1. The van der Waals surface area contributed by atoms with Crippen LogP contribution in [-0.2, 0) is 16.0 Å². The van der Waals surface area contributed by atoms with E-state index < -0.39 is 18.0 Å². The lowest BCUT2D eigenvalue weighted by Crippen LogP contribution is -2.44. The number of nitrogen functional groups attached to an aromatic ring is 1. The molecule has 2 aromatic heterocycles. The molecule has 1 aromatic carbocycles. The molecule has 1 fully saturated rings. The van der Waals surface area contributed by atoms with Gasteiger partial charge in [-0.15, -0.1) is 11.3 Å². The van der Waals surface area contributed by atoms with Crippen molar-refractivity contribution < 1.29 is 24.2 Å². The molecule has 1 aliphatic heterocycles. The highest BCUT2D eigenvalue weighted by atomic mass is 32.1. The van der Waals surface area contributed by atoms with Crippen LogP contribution < -0.4 is 27.0 Å². The predicted octanol–water partition coefficient (Wildman–Crippen LogP) is 2.12. The molecule has 0 aliphatic carbocycles. The summed E-state index contributed by atoms with van der Waals surface area (Å²) in [7, 11) is 1.26. The molecule has 214 valence electrons. The first-order chi connectivity index (χ1) is 19.2. The molecule has 3 heterocycles. The number of nitrogens with one attached hydrogen (secondary N) is 2. The number of esters is 1. The quantitative estimate of drug-likeness (QED) is 0.217. The van der Waals surface area contributed by atoms with Crippen LogP contribution >= 0.6 is 11.3 Å². The number of carbonyl (C=O) groups is 3. The summed E-state index contributed by atoms with van der Waals surface area (Å²) in [5.41, 5.74) is 14.4. The zero-order valence-corrected chi connectivity index (χ0v) is 23.6. The van der Waals surface area contributed by atoms with Crippen LogP contribution in [0.25, 0.3) is 10.2 Å². The minimum Gasteiger partial charge on any atom is -0.468 e. The largest absolute Gasteiger partial charge is 0.468 e. The van der Waals surface area contributed by atoms with Gasteiger partial charge in [0, 0.05) is 36.6 Å². The molecule has 7 N–H and O–H groups in total. The highest BCUT2D eigenvalue weighted by Gasteiger charge is 2.24. The van der Waals surface area contributed by atoms with Crippen molar-refractivity contribution in [3.8, 4) is 0 Å². The molecule has 0 spiro atoms. The Hall–Kier alpha value is -3.74. The van der Waals surface area contributed by atoms with Crippen molar-refractivity contribution >= 4 is 50.8 Å². The molecule has 11 nitrogen and oxygen atoms in total. The van der Waals surface area contributed by atoms with Gasteiger partial charge in [0.1, 0.15) is 22.1 Å². The van der Waals surface area contributed by atoms with Gasteiger partial charge in [0.15, 0.2) is 0 Å². The van der Waals surface area contributed by atoms with E-state index in [1.165, 1.54) is 18.4 Å². The Labute approximate surface area is 236 Å². The van der Waals surface area contributed by atoms with Crippen LogP contribution in [0, 0.1) is 0 Å². The molecule has 12 heteroatoms. The van der Waals surface area contributed by atoms with Crippen molar-refractivity contribution in [2.75, 3.05) is 43.9 Å². The second kappa shape index (κ2) is 13.1. The summed E-state index contributed by atoms with van der Waals surface area (Å²) in [6, 6.07) is 8.97. The average Bonchev–Trinajstić information content (AvgIpc) is 3.31. The zero-order chi connectivity index (χ0) is 28.8. The summed E-state index contributed by atoms with van der Waals surface area (Å²) < 4.78 is 4.52. The number of nitrogens with zero attached hydrogens (tertiary/aromatic N) is 2. The summed E-state index contributed by atoms with van der Waals surface area (Å²) in [6.45, 7) is 3.89. The molecule has 1 aliphatic rings. The van der Waals surface area contributed by atoms with Crippen LogP contribution in [-0.4, -0.2) is 67.2 Å². The van der Waals surface area contributed by atoms with Crippen LogP contribution in [0.15, 0.2) is 30.3 Å². The zero-order valence-electron chi connectivity index (χ0n) is 22.7. The number of methoxy groups -OCH3 is 1. The van der Waals surface area contributed by atoms with Gasteiger partial charge < -0.3 is 36.8 Å². The van der Waals surface area contributed by atoms with Gasteiger partial charge in [0.2, 0.25) is 0 Å². The number of anilines is 2. The van der Waals surface area contributed by atoms with Crippen molar-refractivity contribution in [1.29, 1.82) is 0 Å². The minimum absolute atomic E-state index is 0.202. The SMILES string of the molecule is CCCc1cc(N2CCC(NCC(O)c3ccc(C(=O)NCC(=O)OC)cc3)CC2)nc2sc(C(N)=O)c(N)c12. The molecule has 1 atom stereocenters. The van der Waals surface area contributed by atoms with E-state index in [1.807, 2.05) is 0 Å². The van der Waals surface area contributed by atoms with Crippen molar-refractivity contribution in [3.05, 3.63) is 51.9 Å². The smallest absolute Gasteiger partial charge is 0.325 e. The van der Waals surface area contributed by atoms with E-state index in [0.29, 0.717) is 28.2 Å². The monoisotopic (exact) mass is 568 g/mol. The van der Waals surface area contributed by atoms with Gasteiger partial charge in [-0.2, -0.15) is 0 Å². The summed E-state index contributed by atoms with van der Waals surface area (Å²) in [5.74, 6) is -0.567. The Bertz CT molecular complexity index is 1370. The fourth-order valence-corrected chi connectivity index (χ4v) is 5.88. The standard InChI is InChI=1S/C28H36N6O5S/c1-3-4-18-13-21(33-28-23(18)24(29)25(40-28)26(30)37)34-11-9-19(10-12-34)31-14-20(35)16-5-7-17(8-6-16)27(38)32-15-22(36)39-2/h5-8,13,19-20,31,35H,3-4,9-12,14-15,29H2,1-2H3,(H2,30,37)(H,32,38). The number of aliphatic hydroxyl groups excluding tert-OH is 1. The molecular weight excluding hydrogens is 532 g/mol. The maximum atomic E-state index is 12.1. The van der Waals surface area contributed by atoms with Gasteiger partial charge in [0.25, 0.3) is 11.8 Å². The summed E-state index contributed by atoms with van der Waals surface area (Å²) in [4.78, 5) is 43.4. The lowest BCUT2D eigenvalue weighted by atomic mass is 10.0. The van der Waals surface area contributed by atoms with E-state index >= 15 is 0 Å². The number of fused-ring (bicyclic) bond motifs is 1. The van der Waals surface area contributed by atoms with Gasteiger partial charge in [-0.25, -0.2) is 4.98 Å². The van der Waals surface area contributed by atoms with Crippen molar-refractivity contribution in [3.63, 3.8) is 0 Å². The number of aliphatic hydroxyl groups is 1. The molecule has 2 amide bonds. The number of rotatable bonds is 11. The van der Waals surface area contributed by atoms with Gasteiger partial charge >= 0.3 is 5.97 Å². The van der Waals surface area contributed by atoms with Crippen LogP contribution in [0.2, 0.25) is 0 Å². The number of pyridine rings is 1. The number of aromatic nitrogens is 1. The highest BCUT2D eigenvalue weighted by molar-refractivity contribution is 7.21. The molecule has 0 saturated carbocycles. The van der Waals surface area contributed by atoms with Crippen LogP contribution in [0.3, 0.4) is 0 Å². The van der Waals surface area contributed by atoms with Crippen molar-refractivity contribution in [2.45, 2.75) is 44.8 Å². The first kappa shape index (κ1) is 29.2. The molecule has 3 aromatic rings. The third-order valence-electron chi connectivity index (χ3n) is 7.11. The number of thiophene rings is 1. The number of ether oxygens (including phenoxy) is 1. The average molecular weight is 569 g/mol. The molecule has 0 radical (unpaired) electrons. The summed E-state index contributed by atoms with van der Waals surface area (Å²) in [5, 5.41) is 17.5. The van der Waals surface area contributed by atoms with Crippen LogP contribution in [0.4, 0.5) is 11.5 Å². The topological polar surface area (TPSA) is 173 Å². The fourth-order valence-electron chi connectivity index (χ4n) is 4.89. The number of benzene rings is 1. The van der Waals surface area contributed by atoms with Crippen molar-refractivity contribution in [2.24, 2.45) is 5.73 Å². The van der Waals surface area contributed by atoms with Crippen LogP contribution in [0.1, 0.15) is 63.4 Å². The second-order valence-corrected chi connectivity index (χ2v) is 10.8. The van der Waals surface area contributed by atoms with E-state index in [9.17, 15) is 19.5 Å². The Balaban J connectivity index is 1.32. The third-order valence-corrected chi connectivity index (χ3v) is 8.22. The third kappa shape index (κ3) is 6.69. The highest BCUT2D eigenvalue weighted by Crippen LogP contribution is 2.37. The molecular formula is C28H36N6O5S. The van der Waals surface area contributed by atoms with Gasteiger partial charge in [-0.1, -0.05) is 25.5 Å².